The normalized spacial score (nSPS) is 26.2. The molecule has 40 heavy (non-hydrogen) atoms. The Morgan fingerprint density at radius 2 is 1.05 bits per heavy atom. The van der Waals surface area contributed by atoms with Gasteiger partial charge in [-0.1, -0.05) is 12.2 Å². The third-order valence-corrected chi connectivity index (χ3v) is 8.15. The van der Waals surface area contributed by atoms with Gasteiger partial charge in [-0.3, -0.25) is 9.13 Å². The molecule has 0 unspecified atom stereocenters. The molecule has 2 aliphatic rings. The third-order valence-electron chi connectivity index (χ3n) is 6.98. The first kappa shape index (κ1) is 28.6. The van der Waals surface area contributed by atoms with Gasteiger partial charge in [0.2, 0.25) is 0 Å². The first-order valence-corrected chi connectivity index (χ1v) is 13.6. The fourth-order valence-corrected chi connectivity index (χ4v) is 5.80. The molecule has 4 aromatic heterocycles. The van der Waals surface area contributed by atoms with E-state index in [0.29, 0.717) is 42.4 Å². The van der Waals surface area contributed by atoms with Crippen molar-refractivity contribution in [2.45, 2.75) is 24.4 Å². The van der Waals surface area contributed by atoms with E-state index in [-0.39, 0.29) is 24.8 Å². The smallest absolute Gasteiger partial charge is 0.151 e. The van der Waals surface area contributed by atoms with E-state index in [4.69, 9.17) is 11.5 Å². The van der Waals surface area contributed by atoms with Gasteiger partial charge < -0.3 is 42.1 Å². The highest BCUT2D eigenvalue weighted by Gasteiger charge is 2.37. The first-order valence-electron chi connectivity index (χ1n) is 12.0. The number of nitrogen functional groups attached to an aromatic ring is 2. The number of imidazole rings is 2. The second-order valence-electron chi connectivity index (χ2n) is 9.35. The Kier molecular flexibility index (Phi) is 7.95. The van der Waals surface area contributed by atoms with Gasteiger partial charge in [0.05, 0.1) is 56.8 Å². The lowest BCUT2D eigenvalue weighted by molar-refractivity contribution is 0.0198. The molecule has 0 saturated heterocycles. The second-order valence-corrected chi connectivity index (χ2v) is 11.1. The summed E-state index contributed by atoms with van der Waals surface area (Å²) in [6, 6.07) is 0. The van der Waals surface area contributed by atoms with Crippen molar-refractivity contribution in [2.24, 2.45) is 11.8 Å². The molecule has 0 bridgehead atoms. The van der Waals surface area contributed by atoms with Crippen LogP contribution in [-0.4, -0.2) is 97.3 Å². The first-order chi connectivity index (χ1) is 19.1. The van der Waals surface area contributed by atoms with Crippen molar-refractivity contribution in [3.05, 3.63) is 46.1 Å². The van der Waals surface area contributed by atoms with E-state index in [1.807, 2.05) is 0 Å². The maximum absolute atomic E-state index is 10.1. The van der Waals surface area contributed by atoms with Crippen molar-refractivity contribution in [3.8, 4) is 0 Å². The zero-order chi connectivity index (χ0) is 28.9. The molecule has 212 valence electrons. The number of fused-ring (bicyclic) bond motifs is 2. The van der Waals surface area contributed by atoms with Crippen LogP contribution in [-0.2, 0) is 0 Å². The van der Waals surface area contributed by atoms with E-state index < -0.39 is 36.3 Å². The van der Waals surface area contributed by atoms with E-state index in [2.05, 4.69) is 51.8 Å². The number of pyridine rings is 2. The highest BCUT2D eigenvalue weighted by Crippen LogP contribution is 2.35. The topological polar surface area (TPSA) is 235 Å². The number of nitrogens with zero attached hydrogens (tertiary/aromatic N) is 6. The van der Waals surface area contributed by atoms with Crippen LogP contribution in [0.15, 0.2) is 46.1 Å². The fourth-order valence-electron chi connectivity index (χ4n) is 4.83. The van der Waals surface area contributed by atoms with E-state index in [1.54, 1.807) is 33.7 Å². The average Bonchev–Trinajstić information content (AvgIpc) is 3.71. The number of rotatable bonds is 4. The van der Waals surface area contributed by atoms with E-state index in [9.17, 15) is 30.6 Å². The molecule has 0 aromatic carbocycles. The largest absolute Gasteiger partial charge is 0.396 e. The van der Waals surface area contributed by atoms with E-state index >= 15 is 0 Å². The lowest BCUT2D eigenvalue weighted by atomic mass is 10.1. The van der Waals surface area contributed by atoms with Crippen LogP contribution in [0, 0.1) is 11.8 Å². The number of hydrogen-bond donors (Lipinski definition) is 8. The van der Waals surface area contributed by atoms with Crippen LogP contribution in [0.1, 0.15) is 0 Å². The number of aromatic nitrogens is 6. The maximum Gasteiger partial charge on any atom is 0.151 e. The molecular formula is C24H26Br2N8O6. The molecule has 4 heterocycles. The van der Waals surface area contributed by atoms with Gasteiger partial charge in [0, 0.05) is 24.2 Å². The predicted molar refractivity (Wildman–Crippen MR) is 153 cm³/mol. The Hall–Kier alpha value is -2.96. The minimum absolute atomic E-state index is 0.237. The maximum atomic E-state index is 10.1. The summed E-state index contributed by atoms with van der Waals surface area (Å²) < 4.78 is 4.63. The Morgan fingerprint density at radius 1 is 0.675 bits per heavy atom. The van der Waals surface area contributed by atoms with Crippen molar-refractivity contribution < 1.29 is 30.6 Å². The van der Waals surface area contributed by atoms with Crippen molar-refractivity contribution in [1.29, 1.82) is 0 Å². The number of aliphatic hydroxyl groups is 6. The highest BCUT2D eigenvalue weighted by molar-refractivity contribution is 9.11. The number of halogens is 2. The van der Waals surface area contributed by atoms with Gasteiger partial charge in [0.25, 0.3) is 0 Å². The molecule has 0 radical (unpaired) electrons. The summed E-state index contributed by atoms with van der Waals surface area (Å²) >= 11 is 6.75. The van der Waals surface area contributed by atoms with Crippen LogP contribution < -0.4 is 11.5 Å². The Balaban J connectivity index is 0.000000161. The standard InChI is InChI=1S/2C12H13BrN4O3/c2*13-6-2-15-12(14)8-9(6)17(4-16-8)7-1-5(3-18)10(19)11(7)20/h2*1-2,4-5,10-11,18-20H,3H2,(H2,14,15)/t2*5-,10-,11+/m10/s1. The van der Waals surface area contributed by atoms with Gasteiger partial charge in [-0.05, 0) is 31.9 Å². The third kappa shape index (κ3) is 4.69. The molecule has 0 saturated carbocycles. The van der Waals surface area contributed by atoms with Gasteiger partial charge in [0.1, 0.15) is 35.9 Å². The van der Waals surface area contributed by atoms with Gasteiger partial charge in [-0.25, -0.2) is 19.9 Å². The van der Waals surface area contributed by atoms with Crippen LogP contribution in [0.5, 0.6) is 0 Å². The number of anilines is 2. The summed E-state index contributed by atoms with van der Waals surface area (Å²) in [6.45, 7) is -0.474. The molecule has 0 aliphatic heterocycles. The second kappa shape index (κ2) is 11.1. The summed E-state index contributed by atoms with van der Waals surface area (Å²) in [5.41, 5.74) is 14.8. The van der Waals surface area contributed by atoms with E-state index in [0.717, 1.165) is 0 Å². The summed E-state index contributed by atoms with van der Waals surface area (Å²) in [5.74, 6) is -0.436. The zero-order valence-corrected chi connectivity index (χ0v) is 23.8. The van der Waals surface area contributed by atoms with Crippen molar-refractivity contribution >= 4 is 77.0 Å². The molecule has 14 nitrogen and oxygen atoms in total. The Labute approximate surface area is 243 Å². The molecular weight excluding hydrogens is 656 g/mol. The van der Waals surface area contributed by atoms with Crippen molar-refractivity contribution in [2.75, 3.05) is 24.7 Å². The van der Waals surface area contributed by atoms with Gasteiger partial charge in [-0.15, -0.1) is 0 Å². The van der Waals surface area contributed by atoms with Gasteiger partial charge in [0.15, 0.2) is 11.6 Å². The summed E-state index contributed by atoms with van der Waals surface area (Å²) in [4.78, 5) is 16.4. The monoisotopic (exact) mass is 680 g/mol. The van der Waals surface area contributed by atoms with E-state index in [1.165, 1.54) is 12.7 Å². The Bertz CT molecular complexity index is 1520. The summed E-state index contributed by atoms with van der Waals surface area (Å²) in [7, 11) is 0. The zero-order valence-electron chi connectivity index (χ0n) is 20.6. The number of hydrogen-bond acceptors (Lipinski definition) is 12. The molecule has 0 amide bonds. The van der Waals surface area contributed by atoms with Crippen molar-refractivity contribution in [3.63, 3.8) is 0 Å². The molecule has 6 atom stereocenters. The Morgan fingerprint density at radius 3 is 1.38 bits per heavy atom. The summed E-state index contributed by atoms with van der Waals surface area (Å²) in [5, 5.41) is 58.4. The molecule has 6 rings (SSSR count). The van der Waals surface area contributed by atoms with Crippen LogP contribution in [0.4, 0.5) is 11.6 Å². The quantitative estimate of drug-likeness (QED) is 0.141. The SMILES string of the molecule is Nc1ncc(Br)c2c1ncn2C1=C[C@@H](CO)[C@H](O)[C@@H]1O.Nc1ncc(Br)c2c1ncn2C1=C[C@H](CO)[C@@H](O)[C@H]1O. The predicted octanol–water partition coefficient (Wildman–Crippen LogP) is -0.0784. The lowest BCUT2D eigenvalue weighted by Gasteiger charge is -2.16. The fraction of sp³-hybridized carbons (Fsp3) is 0.333. The molecule has 4 aromatic rings. The average molecular weight is 682 g/mol. The van der Waals surface area contributed by atoms with Crippen LogP contribution in [0.3, 0.4) is 0 Å². The number of aliphatic hydroxyl groups excluding tert-OH is 6. The molecule has 0 fully saturated rings. The molecule has 10 N–H and O–H groups in total. The van der Waals surface area contributed by atoms with Crippen LogP contribution in [0.25, 0.3) is 33.5 Å². The molecule has 2 aliphatic carbocycles. The van der Waals surface area contributed by atoms with Gasteiger partial charge in [-0.2, -0.15) is 0 Å². The minimum atomic E-state index is -1.09. The summed E-state index contributed by atoms with van der Waals surface area (Å²) in [6.07, 6.45) is 5.14. The lowest BCUT2D eigenvalue weighted by Crippen LogP contribution is -2.30. The molecule has 0 spiro atoms. The molecule has 16 heteroatoms. The van der Waals surface area contributed by atoms with Gasteiger partial charge >= 0.3 is 0 Å². The minimum Gasteiger partial charge on any atom is -0.396 e. The number of nitrogens with two attached hydrogens (primary N) is 2. The van der Waals surface area contributed by atoms with Crippen LogP contribution >= 0.6 is 31.9 Å². The highest BCUT2D eigenvalue weighted by atomic mass is 79.9. The van der Waals surface area contributed by atoms with Crippen molar-refractivity contribution in [1.82, 2.24) is 29.1 Å². The van der Waals surface area contributed by atoms with Crippen LogP contribution in [0.2, 0.25) is 0 Å².